The summed E-state index contributed by atoms with van der Waals surface area (Å²) >= 11 is 0. The lowest BCUT2D eigenvalue weighted by Crippen LogP contribution is -2.21. The predicted octanol–water partition coefficient (Wildman–Crippen LogP) is 2.12. The van der Waals surface area contributed by atoms with Gasteiger partial charge in [0.1, 0.15) is 0 Å². The van der Waals surface area contributed by atoms with Crippen molar-refractivity contribution in [3.8, 4) is 0 Å². The Morgan fingerprint density at radius 2 is 2.53 bits per heavy atom. The highest BCUT2D eigenvalue weighted by Gasteiger charge is 2.21. The van der Waals surface area contributed by atoms with E-state index in [2.05, 4.69) is 23.5 Å². The molecule has 1 fully saturated rings. The fourth-order valence-electron chi connectivity index (χ4n) is 2.42. The fraction of sp³-hybridized carbons (Fsp3) is 0.769. The second kappa shape index (κ2) is 6.17. The molecule has 1 aliphatic rings. The van der Waals surface area contributed by atoms with Gasteiger partial charge in [-0.3, -0.25) is 4.68 Å². The maximum absolute atomic E-state index is 5.69. The van der Waals surface area contributed by atoms with Gasteiger partial charge in [-0.1, -0.05) is 6.92 Å². The first kappa shape index (κ1) is 12.6. The number of hydrogen-bond acceptors (Lipinski definition) is 3. The molecule has 1 aromatic heterocycles. The molecule has 0 amide bonds. The van der Waals surface area contributed by atoms with Crippen LogP contribution < -0.4 is 5.32 Å². The van der Waals surface area contributed by atoms with E-state index in [1.165, 1.54) is 18.4 Å². The van der Waals surface area contributed by atoms with Gasteiger partial charge in [-0.15, -0.1) is 0 Å². The van der Waals surface area contributed by atoms with Crippen molar-refractivity contribution in [2.24, 2.45) is 0 Å². The van der Waals surface area contributed by atoms with Crippen molar-refractivity contribution in [1.29, 1.82) is 0 Å². The van der Waals surface area contributed by atoms with Crippen LogP contribution in [0.15, 0.2) is 12.4 Å². The summed E-state index contributed by atoms with van der Waals surface area (Å²) in [5.74, 6) is 0. The maximum Gasteiger partial charge on any atom is 0.0594 e. The molecule has 2 heterocycles. The zero-order valence-corrected chi connectivity index (χ0v) is 10.9. The first-order valence-electron chi connectivity index (χ1n) is 6.64. The molecule has 2 rings (SSSR count). The van der Waals surface area contributed by atoms with Crippen molar-refractivity contribution in [2.45, 2.75) is 51.3 Å². The minimum atomic E-state index is 0.365. The van der Waals surface area contributed by atoms with Gasteiger partial charge in [-0.05, 0) is 32.7 Å². The van der Waals surface area contributed by atoms with Crippen LogP contribution >= 0.6 is 0 Å². The van der Waals surface area contributed by atoms with Gasteiger partial charge < -0.3 is 10.1 Å². The number of ether oxygens (including phenoxy) is 1. The summed E-state index contributed by atoms with van der Waals surface area (Å²) in [6.45, 7) is 4.09. The van der Waals surface area contributed by atoms with E-state index in [-0.39, 0.29) is 0 Å². The number of aryl methyl sites for hydroxylation is 1. The van der Waals surface area contributed by atoms with Crippen LogP contribution in [0.3, 0.4) is 0 Å². The molecule has 17 heavy (non-hydrogen) atoms. The molecule has 4 heteroatoms. The van der Waals surface area contributed by atoms with Crippen molar-refractivity contribution >= 4 is 0 Å². The molecule has 2 unspecified atom stereocenters. The van der Waals surface area contributed by atoms with Crippen molar-refractivity contribution in [1.82, 2.24) is 15.1 Å². The molecule has 0 aliphatic carbocycles. The predicted molar refractivity (Wildman–Crippen MR) is 67.9 cm³/mol. The van der Waals surface area contributed by atoms with Crippen molar-refractivity contribution in [3.63, 3.8) is 0 Å². The molecular weight excluding hydrogens is 214 g/mol. The number of aromatic nitrogens is 2. The molecule has 2 atom stereocenters. The highest BCUT2D eigenvalue weighted by Crippen LogP contribution is 2.24. The van der Waals surface area contributed by atoms with Gasteiger partial charge >= 0.3 is 0 Å². The van der Waals surface area contributed by atoms with E-state index in [9.17, 15) is 0 Å². The number of nitrogens with one attached hydrogen (secondary N) is 1. The highest BCUT2D eigenvalue weighted by atomic mass is 16.5. The molecule has 0 saturated carbocycles. The van der Waals surface area contributed by atoms with Gasteiger partial charge in [-0.2, -0.15) is 5.10 Å². The molecular formula is C13H23N3O. The molecule has 1 aromatic rings. The van der Waals surface area contributed by atoms with E-state index in [1.807, 2.05) is 17.9 Å². The summed E-state index contributed by atoms with van der Waals surface area (Å²) in [5.41, 5.74) is 1.27. The average molecular weight is 237 g/mol. The Balaban J connectivity index is 1.95. The first-order chi connectivity index (χ1) is 8.33. The van der Waals surface area contributed by atoms with Crippen LogP contribution in [-0.2, 0) is 11.3 Å². The molecule has 0 spiro atoms. The lowest BCUT2D eigenvalue weighted by atomic mass is 10.0. The van der Waals surface area contributed by atoms with E-state index < -0.39 is 0 Å². The Labute approximate surface area is 103 Å². The van der Waals surface area contributed by atoms with Gasteiger partial charge in [0.15, 0.2) is 0 Å². The summed E-state index contributed by atoms with van der Waals surface area (Å²) in [6, 6.07) is 0.365. The smallest absolute Gasteiger partial charge is 0.0594 e. The summed E-state index contributed by atoms with van der Waals surface area (Å²) in [5, 5.41) is 7.75. The van der Waals surface area contributed by atoms with Gasteiger partial charge in [0.25, 0.3) is 0 Å². The van der Waals surface area contributed by atoms with Crippen LogP contribution in [0.25, 0.3) is 0 Å². The summed E-state index contributed by atoms with van der Waals surface area (Å²) in [6.07, 6.45) is 9.12. The van der Waals surface area contributed by atoms with Crippen molar-refractivity contribution < 1.29 is 4.74 Å². The van der Waals surface area contributed by atoms with Gasteiger partial charge in [0.05, 0.1) is 12.3 Å². The number of hydrogen-bond donors (Lipinski definition) is 1. The van der Waals surface area contributed by atoms with Crippen LogP contribution in [0, 0.1) is 0 Å². The largest absolute Gasteiger partial charge is 0.378 e. The summed E-state index contributed by atoms with van der Waals surface area (Å²) in [7, 11) is 2.01. The van der Waals surface area contributed by atoms with Gasteiger partial charge in [-0.25, -0.2) is 0 Å². The third-order valence-corrected chi connectivity index (χ3v) is 3.38. The van der Waals surface area contributed by atoms with Crippen LogP contribution in [0.4, 0.5) is 0 Å². The topological polar surface area (TPSA) is 39.1 Å². The Morgan fingerprint density at radius 3 is 3.18 bits per heavy atom. The van der Waals surface area contributed by atoms with Crippen LogP contribution in [-0.4, -0.2) is 29.5 Å². The van der Waals surface area contributed by atoms with Crippen LogP contribution in [0.1, 0.15) is 44.2 Å². The first-order valence-corrected chi connectivity index (χ1v) is 6.64. The zero-order chi connectivity index (χ0) is 12.1. The monoisotopic (exact) mass is 237 g/mol. The van der Waals surface area contributed by atoms with E-state index >= 15 is 0 Å². The standard InChI is InChI=1S/C13H23N3O/c1-3-6-16-10-11(9-15-16)13(14-2)8-12-5-4-7-17-12/h9-10,12-14H,3-8H2,1-2H3. The molecule has 0 aromatic carbocycles. The third kappa shape index (κ3) is 3.30. The van der Waals surface area contributed by atoms with Crippen molar-refractivity contribution in [3.05, 3.63) is 18.0 Å². The molecule has 1 N–H and O–H groups in total. The molecule has 0 radical (unpaired) electrons. The summed E-state index contributed by atoms with van der Waals surface area (Å²) in [4.78, 5) is 0. The minimum absolute atomic E-state index is 0.365. The SMILES string of the molecule is CCCn1cc(C(CC2CCCO2)NC)cn1. The number of nitrogens with zero attached hydrogens (tertiary/aromatic N) is 2. The summed E-state index contributed by atoms with van der Waals surface area (Å²) < 4.78 is 7.72. The molecule has 1 saturated heterocycles. The second-order valence-corrected chi connectivity index (χ2v) is 4.75. The Kier molecular flexibility index (Phi) is 4.57. The molecule has 1 aliphatic heterocycles. The van der Waals surface area contributed by atoms with Gasteiger partial charge in [0, 0.05) is 31.0 Å². The van der Waals surface area contributed by atoms with Crippen molar-refractivity contribution in [2.75, 3.05) is 13.7 Å². The number of rotatable bonds is 6. The lowest BCUT2D eigenvalue weighted by Gasteiger charge is -2.18. The highest BCUT2D eigenvalue weighted by molar-refractivity contribution is 5.10. The average Bonchev–Trinajstić information content (AvgIpc) is 2.97. The normalized spacial score (nSPS) is 21.9. The van der Waals surface area contributed by atoms with E-state index in [0.29, 0.717) is 12.1 Å². The maximum atomic E-state index is 5.69. The van der Waals surface area contributed by atoms with E-state index in [4.69, 9.17) is 4.74 Å². The lowest BCUT2D eigenvalue weighted by molar-refractivity contribution is 0.0954. The van der Waals surface area contributed by atoms with E-state index in [1.54, 1.807) is 0 Å². The van der Waals surface area contributed by atoms with Gasteiger partial charge in [0.2, 0.25) is 0 Å². The Morgan fingerprint density at radius 1 is 1.65 bits per heavy atom. The molecule has 96 valence electrons. The minimum Gasteiger partial charge on any atom is -0.378 e. The Bertz CT molecular complexity index is 331. The quantitative estimate of drug-likeness (QED) is 0.823. The van der Waals surface area contributed by atoms with Crippen LogP contribution in [0.5, 0.6) is 0 Å². The molecule has 0 bridgehead atoms. The Hall–Kier alpha value is -0.870. The third-order valence-electron chi connectivity index (χ3n) is 3.38. The van der Waals surface area contributed by atoms with E-state index in [0.717, 1.165) is 26.0 Å². The second-order valence-electron chi connectivity index (χ2n) is 4.75. The zero-order valence-electron chi connectivity index (χ0n) is 10.9. The van der Waals surface area contributed by atoms with Crippen LogP contribution in [0.2, 0.25) is 0 Å². The molecule has 4 nitrogen and oxygen atoms in total. The fourth-order valence-corrected chi connectivity index (χ4v) is 2.42.